The van der Waals surface area contributed by atoms with Crippen LogP contribution in [0.2, 0.25) is 5.02 Å². The minimum atomic E-state index is -0.0770. The molecule has 1 heterocycles. The summed E-state index contributed by atoms with van der Waals surface area (Å²) in [7, 11) is 0. The summed E-state index contributed by atoms with van der Waals surface area (Å²) in [5, 5.41) is 20.6. The van der Waals surface area contributed by atoms with E-state index >= 15 is 0 Å². The van der Waals surface area contributed by atoms with Crippen molar-refractivity contribution < 1.29 is 27.7 Å². The maximum absolute atomic E-state index is 11.6. The van der Waals surface area contributed by atoms with Crippen molar-refractivity contribution in [3.8, 4) is 5.75 Å². The summed E-state index contributed by atoms with van der Waals surface area (Å²) >= 11 is 9.55. The predicted octanol–water partition coefficient (Wildman–Crippen LogP) is 2.78. The molecule has 9 heteroatoms. The number of isothiocyanates is 1. The van der Waals surface area contributed by atoms with Gasteiger partial charge in [0.25, 0.3) is 0 Å². The number of aromatic amines is 1. The molecule has 0 aliphatic rings. The number of hydrogen-bond donors (Lipinski definition) is 1. The molecule has 3 rings (SSSR count). The topological polar surface area (TPSA) is 118 Å². The number of para-hydroxylation sites is 2. The van der Waals surface area contributed by atoms with E-state index < -0.39 is 0 Å². The zero-order valence-corrected chi connectivity index (χ0v) is 15.9. The van der Waals surface area contributed by atoms with E-state index in [4.69, 9.17) is 17.0 Å². The molecule has 0 spiro atoms. The quantitative estimate of drug-likeness (QED) is 0.383. The fourth-order valence-corrected chi connectivity index (χ4v) is 2.26. The van der Waals surface area contributed by atoms with Gasteiger partial charge in [-0.25, -0.2) is 4.98 Å². The molecule has 1 radical (unpaired) electrons. The van der Waals surface area contributed by atoms with Gasteiger partial charge in [0.2, 0.25) is 0 Å². The molecule has 0 amide bonds. The molecule has 2 aromatic carbocycles. The molecule has 1 aromatic heterocycles. The first-order chi connectivity index (χ1) is 11.6. The number of H-pyrrole nitrogens is 1. The van der Waals surface area contributed by atoms with Crippen molar-refractivity contribution in [2.24, 2.45) is 4.99 Å². The Balaban J connectivity index is 0.00000117. The van der Waals surface area contributed by atoms with E-state index in [0.29, 0.717) is 23.6 Å². The van der Waals surface area contributed by atoms with Gasteiger partial charge in [-0.3, -0.25) is 4.99 Å². The molecule has 3 N–H and O–H groups in total. The Morgan fingerprint density at radius 3 is 2.69 bits per heavy atom. The van der Waals surface area contributed by atoms with Gasteiger partial charge in [0.05, 0.1) is 11.0 Å². The van der Waals surface area contributed by atoms with Crippen LogP contribution in [0.4, 0.5) is 0 Å². The molecule has 0 aliphatic heterocycles. The minimum absolute atomic E-state index is 0. The first-order valence-corrected chi connectivity index (χ1v) is 7.84. The van der Waals surface area contributed by atoms with Gasteiger partial charge in [0, 0.05) is 24.2 Å². The Kier molecular flexibility index (Phi) is 11.4. The molecule has 0 atom stereocenters. The molecule has 26 heavy (non-hydrogen) atoms. The van der Waals surface area contributed by atoms with E-state index in [9.17, 15) is 5.11 Å². The third-order valence-electron chi connectivity index (χ3n) is 3.12. The van der Waals surface area contributed by atoms with Gasteiger partial charge in [-0.15, -0.1) is 0 Å². The summed E-state index contributed by atoms with van der Waals surface area (Å²) in [6.07, 6.45) is 2.26. The van der Waals surface area contributed by atoms with Crippen molar-refractivity contribution in [2.75, 3.05) is 6.54 Å². The van der Waals surface area contributed by atoms with Crippen LogP contribution >= 0.6 is 23.8 Å². The Bertz CT molecular complexity index is 862. The van der Waals surface area contributed by atoms with Crippen molar-refractivity contribution in [1.29, 1.82) is 0 Å². The van der Waals surface area contributed by atoms with E-state index in [0.717, 1.165) is 16.9 Å². The molecule has 3 aromatic rings. The van der Waals surface area contributed by atoms with Crippen LogP contribution < -0.4 is 5.11 Å². The van der Waals surface area contributed by atoms with Gasteiger partial charge in [-0.1, -0.05) is 47.8 Å². The Labute approximate surface area is 171 Å². The summed E-state index contributed by atoms with van der Waals surface area (Å²) in [5.41, 5.74) is 2.48. The van der Waals surface area contributed by atoms with E-state index in [1.807, 2.05) is 24.3 Å². The predicted molar refractivity (Wildman–Crippen MR) is 103 cm³/mol. The first-order valence-electron chi connectivity index (χ1n) is 7.05. The molecule has 0 unspecified atom stereocenters. The second kappa shape index (κ2) is 12.3. The van der Waals surface area contributed by atoms with Gasteiger partial charge < -0.3 is 21.0 Å². The number of rotatable bonds is 4. The number of halogens is 1. The second-order valence-electron chi connectivity index (χ2n) is 4.76. The van der Waals surface area contributed by atoms with Crippen LogP contribution in [0.1, 0.15) is 11.4 Å². The van der Waals surface area contributed by atoms with Crippen molar-refractivity contribution >= 4 is 46.2 Å². The number of aromatic nitrogens is 2. The summed E-state index contributed by atoms with van der Waals surface area (Å²) in [5.74, 6) is 0.814. The molecule has 0 saturated carbocycles. The van der Waals surface area contributed by atoms with Crippen LogP contribution in [0.25, 0.3) is 16.4 Å². The molecule has 0 fully saturated rings. The second-order valence-corrected chi connectivity index (χ2v) is 5.38. The van der Waals surface area contributed by atoms with Crippen LogP contribution in [0.3, 0.4) is 0 Å². The van der Waals surface area contributed by atoms with E-state index in [-0.39, 0.29) is 28.3 Å². The number of nitrogens with zero attached hydrogens (tertiary/aromatic N) is 3. The molecular weight excluding hydrogens is 423 g/mol. The van der Waals surface area contributed by atoms with Gasteiger partial charge in [0.1, 0.15) is 5.82 Å². The van der Waals surface area contributed by atoms with Gasteiger partial charge in [-0.2, -0.15) is 5.16 Å². The normalized spacial score (nSPS) is 9.58. The zero-order chi connectivity index (χ0) is 17.4. The molecule has 0 aliphatic carbocycles. The number of thiocarbonyl (C=S) groups is 1. The first kappa shape index (κ1) is 23.9. The third kappa shape index (κ3) is 7.06. The van der Waals surface area contributed by atoms with Crippen molar-refractivity contribution in [1.82, 2.24) is 9.97 Å². The number of imidazole rings is 1. The summed E-state index contributed by atoms with van der Waals surface area (Å²) < 4.78 is 0. The van der Waals surface area contributed by atoms with Crippen molar-refractivity contribution in [3.05, 3.63) is 64.3 Å². The molecule has 139 valence electrons. The van der Waals surface area contributed by atoms with Crippen LogP contribution in [0.5, 0.6) is 5.75 Å². The largest absolute Gasteiger partial charge is 2.00 e. The van der Waals surface area contributed by atoms with Crippen LogP contribution in [-0.2, 0) is 23.5 Å². The number of aliphatic imine (C=N–C) groups is 1. The summed E-state index contributed by atoms with van der Waals surface area (Å²) in [4.78, 5) is 12.0. The van der Waals surface area contributed by atoms with E-state index in [2.05, 4.69) is 27.2 Å². The molecular formula is C17H15ClCuN4O2S. The minimum Gasteiger partial charge on any atom is -0.872 e. The smallest absolute Gasteiger partial charge is 0.872 e. The van der Waals surface area contributed by atoms with Crippen molar-refractivity contribution in [3.63, 3.8) is 0 Å². The number of benzene rings is 2. The van der Waals surface area contributed by atoms with Crippen molar-refractivity contribution in [2.45, 2.75) is 6.42 Å². The molecule has 6 nitrogen and oxygen atoms in total. The van der Waals surface area contributed by atoms with Gasteiger partial charge in [-0.05, 0) is 29.8 Å². The molecule has 0 saturated heterocycles. The maximum atomic E-state index is 11.6. The average Bonchev–Trinajstić information content (AvgIpc) is 2.98. The third-order valence-corrected chi connectivity index (χ3v) is 3.35. The monoisotopic (exact) mass is 437 g/mol. The number of nitrogens with one attached hydrogen (secondary N) is 1. The summed E-state index contributed by atoms with van der Waals surface area (Å²) in [6.45, 7) is 0.561. The number of hydrogen-bond acceptors (Lipinski definition) is 4. The fourth-order valence-electron chi connectivity index (χ4n) is 2.08. The standard InChI is InChI=1S/C16H14ClN3O.CNS.Cu.H2O/c17-12-5-6-15(21)11(9-12)10-18-8-7-16-19-13-3-1-2-4-14(13)20-16;2-1-3;;/h1-6,9-10,21H,7-8H2,(H,19,20);;;1H2/q;-1;+2;/p-1. The van der Waals surface area contributed by atoms with Crippen LogP contribution in [-0.4, -0.2) is 33.4 Å². The Hall–Kier alpha value is -2.05. The maximum Gasteiger partial charge on any atom is 2.00 e. The SMILES string of the molecule is O.[Cu+2].[N-]=C=S.[O-]c1ccc(Cl)cc1C=NCCc1nc2ccccc2[nH]1. The number of fused-ring (bicyclic) bond motifs is 1. The van der Waals surface area contributed by atoms with E-state index in [1.54, 1.807) is 18.3 Å². The average molecular weight is 438 g/mol. The Morgan fingerprint density at radius 1 is 1.31 bits per heavy atom. The zero-order valence-electron chi connectivity index (χ0n) is 13.4. The Morgan fingerprint density at radius 2 is 2.00 bits per heavy atom. The van der Waals surface area contributed by atoms with Gasteiger partial charge >= 0.3 is 17.1 Å². The van der Waals surface area contributed by atoms with Crippen LogP contribution in [0.15, 0.2) is 47.5 Å². The summed E-state index contributed by atoms with van der Waals surface area (Å²) in [6, 6.07) is 12.5. The molecule has 0 bridgehead atoms. The fraction of sp³-hybridized carbons (Fsp3) is 0.118. The van der Waals surface area contributed by atoms with E-state index in [1.165, 1.54) is 11.2 Å². The van der Waals surface area contributed by atoms with Crippen LogP contribution in [0, 0.1) is 0 Å². The van der Waals surface area contributed by atoms with Gasteiger partial charge in [0.15, 0.2) is 0 Å².